The molecule has 0 aromatic heterocycles. The van der Waals surface area contributed by atoms with Gasteiger partial charge in [0.15, 0.2) is 0 Å². The van der Waals surface area contributed by atoms with Crippen LogP contribution in [0.25, 0.3) is 0 Å². The summed E-state index contributed by atoms with van der Waals surface area (Å²) in [7, 11) is 2.98. The number of unbranched alkanes of at least 4 members (excludes halogenated alkanes) is 8. The van der Waals surface area contributed by atoms with Crippen LogP contribution in [-0.4, -0.2) is 37.5 Å². The second kappa shape index (κ2) is 12.9. The van der Waals surface area contributed by atoms with Crippen LogP contribution < -0.4 is 0 Å². The molecular formula is C16H31NO3. The Morgan fingerprint density at radius 1 is 0.900 bits per heavy atom. The lowest BCUT2D eigenvalue weighted by atomic mass is 10.1. The molecule has 0 aromatic rings. The van der Waals surface area contributed by atoms with Gasteiger partial charge in [-0.2, -0.15) is 0 Å². The Kier molecular flexibility index (Phi) is 12.3. The molecule has 0 unspecified atom stereocenters. The lowest BCUT2D eigenvalue weighted by Gasteiger charge is -2.15. The molecule has 0 bridgehead atoms. The molecule has 0 rings (SSSR count). The van der Waals surface area contributed by atoms with Crippen LogP contribution in [0.3, 0.4) is 0 Å². The molecule has 20 heavy (non-hydrogen) atoms. The molecule has 0 N–H and O–H groups in total. The third kappa shape index (κ3) is 10.8. The number of likely N-dealkylation sites (N-methyl/N-ethyl adjacent to an activating group) is 1. The summed E-state index contributed by atoms with van der Waals surface area (Å²) in [6, 6.07) is 0. The first-order valence-electron chi connectivity index (χ1n) is 7.92. The van der Waals surface area contributed by atoms with Crippen LogP contribution in [0.2, 0.25) is 0 Å². The standard InChI is InChI=1S/C16H31NO3/c1-4-5-6-7-8-9-10-11-12-13-15(18)17(2)14-16(19)20-3/h4-14H2,1-3H3. The number of hydrogen-bond donors (Lipinski definition) is 0. The number of esters is 1. The Morgan fingerprint density at radius 2 is 1.40 bits per heavy atom. The molecule has 1 amide bonds. The van der Waals surface area contributed by atoms with E-state index >= 15 is 0 Å². The van der Waals surface area contributed by atoms with Gasteiger partial charge in [0.1, 0.15) is 6.54 Å². The minimum Gasteiger partial charge on any atom is -0.468 e. The third-order valence-corrected chi connectivity index (χ3v) is 3.51. The summed E-state index contributed by atoms with van der Waals surface area (Å²) >= 11 is 0. The van der Waals surface area contributed by atoms with E-state index in [-0.39, 0.29) is 18.4 Å². The van der Waals surface area contributed by atoms with E-state index in [2.05, 4.69) is 11.7 Å². The van der Waals surface area contributed by atoms with Crippen LogP contribution in [-0.2, 0) is 14.3 Å². The number of rotatable bonds is 12. The third-order valence-electron chi connectivity index (χ3n) is 3.51. The van der Waals surface area contributed by atoms with E-state index in [4.69, 9.17) is 0 Å². The topological polar surface area (TPSA) is 46.6 Å². The predicted octanol–water partition coefficient (Wildman–Crippen LogP) is 3.54. The second-order valence-corrected chi connectivity index (χ2v) is 5.40. The molecule has 0 aliphatic carbocycles. The number of nitrogens with zero attached hydrogens (tertiary/aromatic N) is 1. The van der Waals surface area contributed by atoms with Gasteiger partial charge in [-0.15, -0.1) is 0 Å². The van der Waals surface area contributed by atoms with Crippen molar-refractivity contribution in [3.05, 3.63) is 0 Å². The van der Waals surface area contributed by atoms with Crippen molar-refractivity contribution in [1.82, 2.24) is 4.90 Å². The van der Waals surface area contributed by atoms with E-state index < -0.39 is 0 Å². The van der Waals surface area contributed by atoms with Crippen LogP contribution in [0.5, 0.6) is 0 Å². The number of carbonyl (C=O) groups excluding carboxylic acids is 2. The van der Waals surface area contributed by atoms with Gasteiger partial charge in [0, 0.05) is 13.5 Å². The minimum absolute atomic E-state index is 0.0262. The average molecular weight is 285 g/mol. The van der Waals surface area contributed by atoms with Crippen molar-refractivity contribution in [1.29, 1.82) is 0 Å². The fourth-order valence-corrected chi connectivity index (χ4v) is 2.12. The number of carbonyl (C=O) groups is 2. The van der Waals surface area contributed by atoms with Gasteiger partial charge in [-0.25, -0.2) is 0 Å². The molecule has 0 aromatic carbocycles. The highest BCUT2D eigenvalue weighted by atomic mass is 16.5. The first-order chi connectivity index (χ1) is 9.61. The van der Waals surface area contributed by atoms with Gasteiger partial charge >= 0.3 is 5.97 Å². The molecule has 0 radical (unpaired) electrons. The maximum absolute atomic E-state index is 11.7. The molecule has 0 aliphatic heterocycles. The van der Waals surface area contributed by atoms with Crippen molar-refractivity contribution in [2.45, 2.75) is 71.1 Å². The molecular weight excluding hydrogens is 254 g/mol. The maximum Gasteiger partial charge on any atom is 0.325 e. The molecule has 0 saturated carbocycles. The Balaban J connectivity index is 3.41. The normalized spacial score (nSPS) is 10.3. The molecule has 0 atom stereocenters. The molecule has 0 fully saturated rings. The minimum atomic E-state index is -0.368. The molecule has 0 aliphatic rings. The van der Waals surface area contributed by atoms with Crippen molar-refractivity contribution in [2.75, 3.05) is 20.7 Å². The van der Waals surface area contributed by atoms with Gasteiger partial charge in [0.25, 0.3) is 0 Å². The summed E-state index contributed by atoms with van der Waals surface area (Å²) in [6.07, 6.45) is 11.7. The van der Waals surface area contributed by atoms with Gasteiger partial charge < -0.3 is 9.64 Å². The van der Waals surface area contributed by atoms with Crippen LogP contribution in [0.1, 0.15) is 71.1 Å². The van der Waals surface area contributed by atoms with Crippen molar-refractivity contribution in [3.63, 3.8) is 0 Å². The number of methoxy groups -OCH3 is 1. The highest BCUT2D eigenvalue weighted by molar-refractivity contribution is 5.81. The number of hydrogen-bond acceptors (Lipinski definition) is 3. The number of ether oxygens (including phenoxy) is 1. The Labute approximate surface area is 123 Å². The van der Waals surface area contributed by atoms with Crippen LogP contribution in [0, 0.1) is 0 Å². The van der Waals surface area contributed by atoms with Crippen molar-refractivity contribution >= 4 is 11.9 Å². The van der Waals surface area contributed by atoms with Crippen LogP contribution in [0.15, 0.2) is 0 Å². The fraction of sp³-hybridized carbons (Fsp3) is 0.875. The maximum atomic E-state index is 11.7. The lowest BCUT2D eigenvalue weighted by Crippen LogP contribution is -2.32. The summed E-state index contributed by atoms with van der Waals surface area (Å²) < 4.78 is 4.54. The summed E-state index contributed by atoms with van der Waals surface area (Å²) in [5.74, 6) is -0.341. The van der Waals surface area contributed by atoms with Gasteiger partial charge in [-0.3, -0.25) is 9.59 Å². The second-order valence-electron chi connectivity index (χ2n) is 5.40. The first-order valence-corrected chi connectivity index (χ1v) is 7.92. The zero-order chi connectivity index (χ0) is 15.2. The van der Waals surface area contributed by atoms with E-state index in [1.54, 1.807) is 7.05 Å². The van der Waals surface area contributed by atoms with Crippen molar-refractivity contribution in [3.8, 4) is 0 Å². The molecule has 118 valence electrons. The molecule has 4 nitrogen and oxygen atoms in total. The Morgan fingerprint density at radius 3 is 1.90 bits per heavy atom. The molecule has 4 heteroatoms. The van der Waals surface area contributed by atoms with Crippen molar-refractivity contribution in [2.24, 2.45) is 0 Å². The number of amides is 1. The zero-order valence-corrected chi connectivity index (χ0v) is 13.5. The monoisotopic (exact) mass is 285 g/mol. The zero-order valence-electron chi connectivity index (χ0n) is 13.5. The van der Waals surface area contributed by atoms with Gasteiger partial charge in [-0.1, -0.05) is 58.3 Å². The molecule has 0 spiro atoms. The van der Waals surface area contributed by atoms with E-state index in [9.17, 15) is 9.59 Å². The van der Waals surface area contributed by atoms with Crippen molar-refractivity contribution < 1.29 is 14.3 Å². The Hall–Kier alpha value is -1.06. The van der Waals surface area contributed by atoms with E-state index in [0.29, 0.717) is 6.42 Å². The average Bonchev–Trinajstić information content (AvgIpc) is 2.45. The van der Waals surface area contributed by atoms with E-state index in [0.717, 1.165) is 12.8 Å². The van der Waals surface area contributed by atoms with Gasteiger partial charge in [-0.05, 0) is 6.42 Å². The first kappa shape index (κ1) is 18.9. The predicted molar refractivity (Wildman–Crippen MR) is 81.5 cm³/mol. The quantitative estimate of drug-likeness (QED) is 0.407. The SMILES string of the molecule is CCCCCCCCCCCC(=O)N(C)CC(=O)OC. The highest BCUT2D eigenvalue weighted by Crippen LogP contribution is 2.10. The van der Waals surface area contributed by atoms with Gasteiger partial charge in [0.2, 0.25) is 5.91 Å². The fourth-order valence-electron chi connectivity index (χ4n) is 2.12. The summed E-state index contributed by atoms with van der Waals surface area (Å²) in [5, 5.41) is 0. The van der Waals surface area contributed by atoms with Crippen LogP contribution >= 0.6 is 0 Å². The smallest absolute Gasteiger partial charge is 0.325 e. The van der Waals surface area contributed by atoms with Gasteiger partial charge in [0.05, 0.1) is 7.11 Å². The summed E-state index contributed by atoms with van der Waals surface area (Å²) in [6.45, 7) is 2.28. The van der Waals surface area contributed by atoms with E-state index in [1.165, 1.54) is 57.0 Å². The summed E-state index contributed by atoms with van der Waals surface area (Å²) in [4.78, 5) is 24.2. The molecule has 0 heterocycles. The summed E-state index contributed by atoms with van der Waals surface area (Å²) in [5.41, 5.74) is 0. The highest BCUT2D eigenvalue weighted by Gasteiger charge is 2.12. The molecule has 0 saturated heterocycles. The largest absolute Gasteiger partial charge is 0.468 e. The lowest BCUT2D eigenvalue weighted by molar-refractivity contribution is -0.146. The van der Waals surface area contributed by atoms with E-state index in [1.807, 2.05) is 0 Å². The van der Waals surface area contributed by atoms with Crippen LogP contribution in [0.4, 0.5) is 0 Å². The Bertz CT molecular complexity index is 266.